The number of amides is 1. The number of oxime groups is 1. The lowest BCUT2D eigenvalue weighted by Crippen LogP contribution is -2.46. The standard InChI is InChI=1S/C14H21N3O3/c1-10-5-4-6-11(9-10)20-8-7-16-13(18)14(2,3)12(15)17-19/h4-6,9,19H,7-8H2,1-3H3,(H2,15,17)(H,16,18). The summed E-state index contributed by atoms with van der Waals surface area (Å²) in [7, 11) is 0. The summed E-state index contributed by atoms with van der Waals surface area (Å²) in [6.07, 6.45) is 0. The molecule has 110 valence electrons. The van der Waals surface area contributed by atoms with Crippen molar-refractivity contribution in [1.29, 1.82) is 0 Å². The van der Waals surface area contributed by atoms with Crippen molar-refractivity contribution in [3.05, 3.63) is 29.8 Å². The largest absolute Gasteiger partial charge is 0.492 e. The molecule has 0 atom stereocenters. The van der Waals surface area contributed by atoms with Crippen molar-refractivity contribution in [2.75, 3.05) is 13.2 Å². The minimum atomic E-state index is -1.06. The van der Waals surface area contributed by atoms with Gasteiger partial charge in [0.25, 0.3) is 0 Å². The number of rotatable bonds is 6. The Kier molecular flexibility index (Phi) is 5.37. The topological polar surface area (TPSA) is 96.9 Å². The van der Waals surface area contributed by atoms with E-state index in [9.17, 15) is 4.79 Å². The number of carbonyl (C=O) groups excluding carboxylic acids is 1. The zero-order chi connectivity index (χ0) is 15.2. The molecular formula is C14H21N3O3. The molecule has 1 aromatic rings. The van der Waals surface area contributed by atoms with Gasteiger partial charge in [0.15, 0.2) is 5.84 Å². The second-order valence-corrected chi connectivity index (χ2v) is 5.03. The molecule has 0 aliphatic carbocycles. The van der Waals surface area contributed by atoms with Gasteiger partial charge < -0.3 is 21.0 Å². The van der Waals surface area contributed by atoms with Crippen LogP contribution in [0, 0.1) is 12.3 Å². The maximum Gasteiger partial charge on any atom is 0.233 e. The monoisotopic (exact) mass is 279 g/mol. The van der Waals surface area contributed by atoms with Gasteiger partial charge in [0.05, 0.1) is 6.54 Å². The van der Waals surface area contributed by atoms with Gasteiger partial charge in [0.2, 0.25) is 5.91 Å². The van der Waals surface area contributed by atoms with Crippen molar-refractivity contribution in [1.82, 2.24) is 5.32 Å². The lowest BCUT2D eigenvalue weighted by molar-refractivity contribution is -0.126. The summed E-state index contributed by atoms with van der Waals surface area (Å²) in [4.78, 5) is 11.9. The maximum absolute atomic E-state index is 11.9. The fraction of sp³-hybridized carbons (Fsp3) is 0.429. The van der Waals surface area contributed by atoms with E-state index in [2.05, 4.69) is 10.5 Å². The Morgan fingerprint density at radius 3 is 2.80 bits per heavy atom. The minimum Gasteiger partial charge on any atom is -0.492 e. The first-order valence-electron chi connectivity index (χ1n) is 6.33. The molecule has 6 heteroatoms. The first-order chi connectivity index (χ1) is 9.37. The molecule has 0 fully saturated rings. The summed E-state index contributed by atoms with van der Waals surface area (Å²) in [6, 6.07) is 7.66. The van der Waals surface area contributed by atoms with E-state index in [1.807, 2.05) is 31.2 Å². The molecule has 0 radical (unpaired) electrons. The van der Waals surface area contributed by atoms with Crippen LogP contribution in [0.4, 0.5) is 0 Å². The third-order valence-electron chi connectivity index (χ3n) is 2.96. The van der Waals surface area contributed by atoms with Gasteiger partial charge in [-0.2, -0.15) is 0 Å². The smallest absolute Gasteiger partial charge is 0.233 e. The van der Waals surface area contributed by atoms with Gasteiger partial charge in [-0.3, -0.25) is 4.79 Å². The molecule has 0 aliphatic rings. The Balaban J connectivity index is 2.40. The van der Waals surface area contributed by atoms with Crippen LogP contribution in [0.2, 0.25) is 0 Å². The number of hydrogen-bond donors (Lipinski definition) is 3. The number of carbonyl (C=O) groups is 1. The lowest BCUT2D eigenvalue weighted by Gasteiger charge is -2.21. The Morgan fingerprint density at radius 1 is 1.50 bits per heavy atom. The highest BCUT2D eigenvalue weighted by molar-refractivity contribution is 6.05. The fourth-order valence-corrected chi connectivity index (χ4v) is 1.50. The molecule has 20 heavy (non-hydrogen) atoms. The summed E-state index contributed by atoms with van der Waals surface area (Å²) in [6.45, 7) is 5.84. The number of nitrogens with two attached hydrogens (primary N) is 1. The van der Waals surface area contributed by atoms with E-state index in [1.54, 1.807) is 13.8 Å². The Labute approximate surface area is 118 Å². The number of benzene rings is 1. The van der Waals surface area contributed by atoms with E-state index in [1.165, 1.54) is 0 Å². The number of nitrogens with zero attached hydrogens (tertiary/aromatic N) is 1. The summed E-state index contributed by atoms with van der Waals surface area (Å²) in [5.74, 6) is 0.310. The number of aryl methyl sites for hydroxylation is 1. The molecule has 0 bridgehead atoms. The molecule has 0 aliphatic heterocycles. The summed E-state index contributed by atoms with van der Waals surface area (Å²) in [5, 5.41) is 14.2. The van der Waals surface area contributed by atoms with Crippen LogP contribution in [0.5, 0.6) is 5.75 Å². The predicted octanol–water partition coefficient (Wildman–Crippen LogP) is 1.26. The van der Waals surface area contributed by atoms with Crippen LogP contribution in [-0.4, -0.2) is 30.1 Å². The Morgan fingerprint density at radius 2 is 2.20 bits per heavy atom. The van der Waals surface area contributed by atoms with Crippen molar-refractivity contribution >= 4 is 11.7 Å². The minimum absolute atomic E-state index is 0.130. The van der Waals surface area contributed by atoms with Crippen molar-refractivity contribution in [3.63, 3.8) is 0 Å². The second kappa shape index (κ2) is 6.79. The summed E-state index contributed by atoms with van der Waals surface area (Å²) >= 11 is 0. The van der Waals surface area contributed by atoms with Crippen LogP contribution >= 0.6 is 0 Å². The fourth-order valence-electron chi connectivity index (χ4n) is 1.50. The van der Waals surface area contributed by atoms with Gasteiger partial charge in [-0.25, -0.2) is 0 Å². The molecule has 4 N–H and O–H groups in total. The molecule has 0 saturated carbocycles. The van der Waals surface area contributed by atoms with Crippen molar-refractivity contribution in [2.24, 2.45) is 16.3 Å². The summed E-state index contributed by atoms with van der Waals surface area (Å²) < 4.78 is 5.51. The van der Waals surface area contributed by atoms with Gasteiger partial charge >= 0.3 is 0 Å². The molecule has 1 amide bonds. The average Bonchev–Trinajstić information content (AvgIpc) is 2.42. The summed E-state index contributed by atoms with van der Waals surface area (Å²) in [5.41, 5.74) is 5.52. The quantitative estimate of drug-likeness (QED) is 0.240. The van der Waals surface area contributed by atoms with E-state index in [0.29, 0.717) is 13.2 Å². The molecule has 0 spiro atoms. The number of hydrogen-bond acceptors (Lipinski definition) is 4. The van der Waals surface area contributed by atoms with Gasteiger partial charge in [-0.1, -0.05) is 17.3 Å². The molecule has 0 saturated heterocycles. The van der Waals surface area contributed by atoms with E-state index in [4.69, 9.17) is 15.7 Å². The van der Waals surface area contributed by atoms with Crippen molar-refractivity contribution in [2.45, 2.75) is 20.8 Å². The van der Waals surface area contributed by atoms with Gasteiger partial charge in [-0.15, -0.1) is 0 Å². The Hall–Kier alpha value is -2.24. The van der Waals surface area contributed by atoms with Crippen LogP contribution in [0.3, 0.4) is 0 Å². The molecular weight excluding hydrogens is 258 g/mol. The molecule has 1 rings (SSSR count). The molecule has 0 heterocycles. The van der Waals surface area contributed by atoms with Gasteiger partial charge in [-0.05, 0) is 38.5 Å². The highest BCUT2D eigenvalue weighted by Gasteiger charge is 2.32. The van der Waals surface area contributed by atoms with Gasteiger partial charge in [0, 0.05) is 0 Å². The molecule has 0 unspecified atom stereocenters. The zero-order valence-electron chi connectivity index (χ0n) is 12.0. The van der Waals surface area contributed by atoms with E-state index >= 15 is 0 Å². The predicted molar refractivity (Wildman–Crippen MR) is 76.9 cm³/mol. The van der Waals surface area contributed by atoms with E-state index in [-0.39, 0.29) is 11.7 Å². The van der Waals surface area contributed by atoms with Crippen LogP contribution in [0.15, 0.2) is 29.4 Å². The van der Waals surface area contributed by atoms with Crippen LogP contribution < -0.4 is 15.8 Å². The molecule has 0 aromatic heterocycles. The first-order valence-corrected chi connectivity index (χ1v) is 6.33. The zero-order valence-corrected chi connectivity index (χ0v) is 12.0. The highest BCUT2D eigenvalue weighted by Crippen LogP contribution is 2.15. The van der Waals surface area contributed by atoms with E-state index < -0.39 is 5.41 Å². The number of nitrogens with one attached hydrogen (secondary N) is 1. The highest BCUT2D eigenvalue weighted by atomic mass is 16.5. The van der Waals surface area contributed by atoms with Crippen LogP contribution in [0.25, 0.3) is 0 Å². The lowest BCUT2D eigenvalue weighted by atomic mass is 9.91. The maximum atomic E-state index is 11.9. The van der Waals surface area contributed by atoms with Crippen LogP contribution in [0.1, 0.15) is 19.4 Å². The third-order valence-corrected chi connectivity index (χ3v) is 2.96. The van der Waals surface area contributed by atoms with Crippen LogP contribution in [-0.2, 0) is 4.79 Å². The average molecular weight is 279 g/mol. The van der Waals surface area contributed by atoms with Crippen molar-refractivity contribution in [3.8, 4) is 5.75 Å². The first kappa shape index (κ1) is 15.8. The molecule has 6 nitrogen and oxygen atoms in total. The number of amidine groups is 1. The van der Waals surface area contributed by atoms with E-state index in [0.717, 1.165) is 11.3 Å². The SMILES string of the molecule is Cc1cccc(OCCNC(=O)C(C)(C)C(N)=NO)c1. The normalized spacial score (nSPS) is 12.1. The van der Waals surface area contributed by atoms with Crippen molar-refractivity contribution < 1.29 is 14.7 Å². The van der Waals surface area contributed by atoms with Gasteiger partial charge in [0.1, 0.15) is 17.8 Å². The molecule has 1 aromatic carbocycles. The third kappa shape index (κ3) is 4.15. The Bertz CT molecular complexity index is 498. The second-order valence-electron chi connectivity index (χ2n) is 5.03. The number of ether oxygens (including phenoxy) is 1.